The molecule has 1 amide bonds. The summed E-state index contributed by atoms with van der Waals surface area (Å²) in [4.78, 5) is 14.0. The highest BCUT2D eigenvalue weighted by Gasteiger charge is 2.31. The van der Waals surface area contributed by atoms with Crippen molar-refractivity contribution in [2.45, 2.75) is 25.1 Å². The summed E-state index contributed by atoms with van der Waals surface area (Å²) < 4.78 is 39.5. The number of aromatic nitrogens is 3. The minimum absolute atomic E-state index is 0. The number of alkyl halides is 3. The van der Waals surface area contributed by atoms with Crippen molar-refractivity contribution in [2.75, 3.05) is 13.1 Å². The van der Waals surface area contributed by atoms with Crippen LogP contribution >= 0.6 is 12.4 Å². The number of piperidine rings is 1. The number of nitrogens with zero attached hydrogens (tertiary/aromatic N) is 4. The highest BCUT2D eigenvalue weighted by atomic mass is 35.5. The van der Waals surface area contributed by atoms with Crippen molar-refractivity contribution < 1.29 is 18.0 Å². The van der Waals surface area contributed by atoms with Crippen LogP contribution in [-0.4, -0.2) is 44.9 Å². The summed E-state index contributed by atoms with van der Waals surface area (Å²) in [5.41, 5.74) is 5.34. The van der Waals surface area contributed by atoms with Crippen molar-refractivity contribution in [3.8, 4) is 5.69 Å². The van der Waals surface area contributed by atoms with Gasteiger partial charge in [0.15, 0.2) is 5.69 Å². The summed E-state index contributed by atoms with van der Waals surface area (Å²) in [5.74, 6) is -0.316. The summed E-state index contributed by atoms with van der Waals surface area (Å²) in [5, 5.41) is 7.55. The lowest BCUT2D eigenvalue weighted by Gasteiger charge is -2.30. The lowest BCUT2D eigenvalue weighted by atomic mass is 10.1. The Kier molecular flexibility index (Phi) is 5.69. The molecule has 0 spiro atoms. The SMILES string of the molecule is Cl.NC1CCCN(C(=O)c2cn(-c3cccc(C(F)(F)F)c3)nn2)C1. The molecule has 2 N–H and O–H groups in total. The van der Waals surface area contributed by atoms with Crippen LogP contribution in [-0.2, 0) is 6.18 Å². The van der Waals surface area contributed by atoms with Gasteiger partial charge >= 0.3 is 6.18 Å². The van der Waals surface area contributed by atoms with E-state index in [0.717, 1.165) is 29.7 Å². The Hall–Kier alpha value is -2.13. The molecule has 1 aliphatic heterocycles. The standard InChI is InChI=1S/C15H16F3N5O.ClH/c16-15(17,18)10-3-1-5-12(7-10)23-9-13(20-21-23)14(24)22-6-2-4-11(19)8-22;/h1,3,5,7,9,11H,2,4,6,8,19H2;1H. The number of hydrogen-bond acceptors (Lipinski definition) is 4. The van der Waals surface area contributed by atoms with Gasteiger partial charge in [0.2, 0.25) is 0 Å². The molecule has 136 valence electrons. The first-order chi connectivity index (χ1) is 11.3. The fourth-order valence-electron chi connectivity index (χ4n) is 2.67. The molecule has 1 aromatic heterocycles. The summed E-state index contributed by atoms with van der Waals surface area (Å²) in [6.45, 7) is 1.03. The number of carbonyl (C=O) groups excluding carboxylic acids is 1. The number of nitrogens with two attached hydrogens (primary N) is 1. The zero-order chi connectivity index (χ0) is 17.3. The summed E-state index contributed by atoms with van der Waals surface area (Å²) in [6.07, 6.45) is -1.44. The third kappa shape index (κ3) is 4.29. The summed E-state index contributed by atoms with van der Waals surface area (Å²) in [6, 6.07) is 4.61. The number of likely N-dealkylation sites (tertiary alicyclic amines) is 1. The first kappa shape index (κ1) is 19.2. The Morgan fingerprint density at radius 2 is 2.08 bits per heavy atom. The Labute approximate surface area is 148 Å². The van der Waals surface area contributed by atoms with Gasteiger partial charge in [0.25, 0.3) is 5.91 Å². The lowest BCUT2D eigenvalue weighted by Crippen LogP contribution is -2.45. The number of carbonyl (C=O) groups is 1. The molecule has 1 fully saturated rings. The van der Waals surface area contributed by atoms with Gasteiger partial charge in [-0.15, -0.1) is 17.5 Å². The molecule has 2 aromatic rings. The minimum atomic E-state index is -4.45. The number of rotatable bonds is 2. The van der Waals surface area contributed by atoms with Crippen LogP contribution in [0.15, 0.2) is 30.5 Å². The van der Waals surface area contributed by atoms with Crippen LogP contribution in [0.1, 0.15) is 28.9 Å². The van der Waals surface area contributed by atoms with Crippen molar-refractivity contribution in [2.24, 2.45) is 5.73 Å². The van der Waals surface area contributed by atoms with Crippen molar-refractivity contribution in [1.29, 1.82) is 0 Å². The second-order valence-electron chi connectivity index (χ2n) is 5.75. The molecule has 0 aliphatic carbocycles. The molecule has 1 saturated heterocycles. The fraction of sp³-hybridized carbons (Fsp3) is 0.400. The molecule has 1 aliphatic rings. The first-order valence-corrected chi connectivity index (χ1v) is 7.49. The number of amides is 1. The van der Waals surface area contributed by atoms with E-state index in [-0.39, 0.29) is 35.7 Å². The maximum atomic E-state index is 12.8. The summed E-state index contributed by atoms with van der Waals surface area (Å²) in [7, 11) is 0. The van der Waals surface area contributed by atoms with E-state index in [4.69, 9.17) is 5.73 Å². The molecule has 0 radical (unpaired) electrons. The highest BCUT2D eigenvalue weighted by Crippen LogP contribution is 2.30. The van der Waals surface area contributed by atoms with E-state index in [1.807, 2.05) is 0 Å². The molecule has 1 unspecified atom stereocenters. The van der Waals surface area contributed by atoms with Crippen molar-refractivity contribution in [1.82, 2.24) is 19.9 Å². The summed E-state index contributed by atoms with van der Waals surface area (Å²) >= 11 is 0. The van der Waals surface area contributed by atoms with Gasteiger partial charge in [-0.3, -0.25) is 4.79 Å². The van der Waals surface area contributed by atoms with Crippen LogP contribution in [0.3, 0.4) is 0 Å². The second-order valence-corrected chi connectivity index (χ2v) is 5.75. The number of halogens is 4. The van der Waals surface area contributed by atoms with Crippen LogP contribution in [0.4, 0.5) is 13.2 Å². The van der Waals surface area contributed by atoms with Crippen molar-refractivity contribution in [3.63, 3.8) is 0 Å². The average Bonchev–Trinajstić information content (AvgIpc) is 3.03. The largest absolute Gasteiger partial charge is 0.416 e. The molecule has 1 aromatic carbocycles. The topological polar surface area (TPSA) is 77.0 Å². The quantitative estimate of drug-likeness (QED) is 0.873. The Bertz CT molecular complexity index is 749. The third-order valence-electron chi connectivity index (χ3n) is 3.90. The van der Waals surface area contributed by atoms with Gasteiger partial charge in [0, 0.05) is 19.1 Å². The molecule has 0 bridgehead atoms. The van der Waals surface area contributed by atoms with Crippen LogP contribution in [0.2, 0.25) is 0 Å². The van der Waals surface area contributed by atoms with E-state index in [1.54, 1.807) is 4.90 Å². The number of hydrogen-bond donors (Lipinski definition) is 1. The minimum Gasteiger partial charge on any atom is -0.336 e. The van der Waals surface area contributed by atoms with E-state index >= 15 is 0 Å². The molecule has 3 rings (SSSR count). The van der Waals surface area contributed by atoms with Gasteiger partial charge in [-0.05, 0) is 31.0 Å². The van der Waals surface area contributed by atoms with Crippen molar-refractivity contribution in [3.05, 3.63) is 41.7 Å². The first-order valence-electron chi connectivity index (χ1n) is 7.49. The van der Waals surface area contributed by atoms with Gasteiger partial charge in [-0.1, -0.05) is 11.3 Å². The van der Waals surface area contributed by atoms with Gasteiger partial charge in [-0.2, -0.15) is 13.2 Å². The maximum absolute atomic E-state index is 12.8. The second kappa shape index (κ2) is 7.40. The molecule has 1 atom stereocenters. The Morgan fingerprint density at radius 1 is 1.32 bits per heavy atom. The average molecular weight is 376 g/mol. The highest BCUT2D eigenvalue weighted by molar-refractivity contribution is 5.92. The van der Waals surface area contributed by atoms with E-state index in [0.29, 0.717) is 13.1 Å². The predicted octanol–water partition coefficient (Wildman–Crippen LogP) is 2.27. The van der Waals surface area contributed by atoms with Crippen LogP contribution in [0.5, 0.6) is 0 Å². The van der Waals surface area contributed by atoms with Crippen LogP contribution in [0.25, 0.3) is 5.69 Å². The third-order valence-corrected chi connectivity index (χ3v) is 3.90. The normalized spacial score (nSPS) is 17.9. The zero-order valence-electron chi connectivity index (χ0n) is 13.1. The monoisotopic (exact) mass is 375 g/mol. The molecule has 6 nitrogen and oxygen atoms in total. The van der Waals surface area contributed by atoms with E-state index < -0.39 is 11.7 Å². The van der Waals surface area contributed by atoms with Crippen molar-refractivity contribution >= 4 is 18.3 Å². The smallest absolute Gasteiger partial charge is 0.336 e. The number of benzene rings is 1. The molecular formula is C15H17ClF3N5O. The zero-order valence-corrected chi connectivity index (χ0v) is 13.9. The van der Waals surface area contributed by atoms with Crippen LogP contribution < -0.4 is 5.73 Å². The van der Waals surface area contributed by atoms with E-state index in [1.165, 1.54) is 18.3 Å². The lowest BCUT2D eigenvalue weighted by molar-refractivity contribution is -0.137. The van der Waals surface area contributed by atoms with E-state index in [9.17, 15) is 18.0 Å². The molecule has 2 heterocycles. The van der Waals surface area contributed by atoms with Gasteiger partial charge in [0.05, 0.1) is 17.4 Å². The van der Waals surface area contributed by atoms with Crippen LogP contribution in [0, 0.1) is 0 Å². The Balaban J connectivity index is 0.00000225. The predicted molar refractivity (Wildman–Crippen MR) is 86.7 cm³/mol. The van der Waals surface area contributed by atoms with E-state index in [2.05, 4.69) is 10.3 Å². The Morgan fingerprint density at radius 3 is 2.76 bits per heavy atom. The molecular weight excluding hydrogens is 359 g/mol. The van der Waals surface area contributed by atoms with Gasteiger partial charge < -0.3 is 10.6 Å². The fourth-order valence-corrected chi connectivity index (χ4v) is 2.67. The van der Waals surface area contributed by atoms with Gasteiger partial charge in [-0.25, -0.2) is 4.68 Å². The molecule has 0 saturated carbocycles. The molecule has 25 heavy (non-hydrogen) atoms. The maximum Gasteiger partial charge on any atom is 0.416 e. The van der Waals surface area contributed by atoms with Gasteiger partial charge in [0.1, 0.15) is 0 Å². The molecule has 10 heteroatoms.